The van der Waals surface area contributed by atoms with Crippen LogP contribution in [0.2, 0.25) is 0 Å². The molecular formula is C20H32O. The van der Waals surface area contributed by atoms with E-state index < -0.39 is 0 Å². The average Bonchev–Trinajstić information content (AvgIpc) is 3.10. The van der Waals surface area contributed by atoms with Gasteiger partial charge < -0.3 is 4.74 Å². The van der Waals surface area contributed by atoms with Crippen LogP contribution in [-0.2, 0) is 4.74 Å². The van der Waals surface area contributed by atoms with Gasteiger partial charge in [-0.1, -0.05) is 32.9 Å². The van der Waals surface area contributed by atoms with Crippen LogP contribution in [0.1, 0.15) is 53.9 Å². The van der Waals surface area contributed by atoms with Gasteiger partial charge in [-0.2, -0.15) is 0 Å². The first-order chi connectivity index (χ1) is 9.71. The third-order valence-electron chi connectivity index (χ3n) is 8.58. The number of hydrogen-bond donors (Lipinski definition) is 0. The SMILES string of the molecule is COC(C)(C)CC1(C)C2CC(C3C4C=CC(C4)C32)C1(C)C. The first-order valence-electron chi connectivity index (χ1n) is 8.95. The lowest BCUT2D eigenvalue weighted by Gasteiger charge is -2.56. The molecule has 0 aromatic carbocycles. The van der Waals surface area contributed by atoms with E-state index >= 15 is 0 Å². The lowest BCUT2D eigenvalue weighted by molar-refractivity contribution is -0.106. The molecule has 0 aliphatic heterocycles. The molecule has 3 fully saturated rings. The minimum atomic E-state index is -0.000541. The highest BCUT2D eigenvalue weighted by Gasteiger charge is 2.71. The summed E-state index contributed by atoms with van der Waals surface area (Å²) >= 11 is 0. The first kappa shape index (κ1) is 14.3. The van der Waals surface area contributed by atoms with Crippen molar-refractivity contribution in [1.29, 1.82) is 0 Å². The first-order valence-corrected chi connectivity index (χ1v) is 8.95. The fourth-order valence-corrected chi connectivity index (χ4v) is 7.30. The Morgan fingerprint density at radius 1 is 1.00 bits per heavy atom. The van der Waals surface area contributed by atoms with E-state index in [-0.39, 0.29) is 5.60 Å². The number of fused-ring (bicyclic) bond motifs is 9. The Labute approximate surface area is 130 Å². The average molecular weight is 288 g/mol. The number of methoxy groups -OCH3 is 1. The van der Waals surface area contributed by atoms with Gasteiger partial charge in [0.2, 0.25) is 0 Å². The summed E-state index contributed by atoms with van der Waals surface area (Å²) in [5, 5.41) is 0. The lowest BCUT2D eigenvalue weighted by Crippen LogP contribution is -2.51. The number of allylic oxidation sites excluding steroid dienone is 2. The van der Waals surface area contributed by atoms with E-state index in [1.165, 1.54) is 19.3 Å². The number of ether oxygens (including phenoxy) is 1. The minimum absolute atomic E-state index is 0.000541. The van der Waals surface area contributed by atoms with Crippen LogP contribution < -0.4 is 0 Å². The Morgan fingerprint density at radius 3 is 2.14 bits per heavy atom. The smallest absolute Gasteiger partial charge is 0.0628 e. The summed E-state index contributed by atoms with van der Waals surface area (Å²) in [4.78, 5) is 0. The van der Waals surface area contributed by atoms with Crippen molar-refractivity contribution in [3.63, 3.8) is 0 Å². The van der Waals surface area contributed by atoms with Gasteiger partial charge in [0.05, 0.1) is 5.60 Å². The molecule has 0 heterocycles. The van der Waals surface area contributed by atoms with Gasteiger partial charge >= 0.3 is 0 Å². The largest absolute Gasteiger partial charge is 0.379 e. The molecule has 0 N–H and O–H groups in total. The fourth-order valence-electron chi connectivity index (χ4n) is 7.30. The van der Waals surface area contributed by atoms with Crippen molar-refractivity contribution in [3.05, 3.63) is 12.2 Å². The summed E-state index contributed by atoms with van der Waals surface area (Å²) in [6, 6.07) is 0. The second-order valence-electron chi connectivity index (χ2n) is 9.83. The van der Waals surface area contributed by atoms with Gasteiger partial charge in [0.1, 0.15) is 0 Å². The Balaban J connectivity index is 1.72. The predicted molar refractivity (Wildman–Crippen MR) is 86.9 cm³/mol. The highest BCUT2D eigenvalue weighted by molar-refractivity contribution is 5.26. The monoisotopic (exact) mass is 288 g/mol. The molecule has 4 aliphatic rings. The summed E-state index contributed by atoms with van der Waals surface area (Å²) in [7, 11) is 1.88. The number of hydrogen-bond acceptors (Lipinski definition) is 1. The summed E-state index contributed by atoms with van der Waals surface area (Å²) in [5.41, 5.74) is 0.878. The maximum Gasteiger partial charge on any atom is 0.0628 e. The van der Waals surface area contributed by atoms with Crippen molar-refractivity contribution < 1.29 is 4.74 Å². The zero-order valence-corrected chi connectivity index (χ0v) is 14.6. The standard InChI is InChI=1S/C20H32O/c1-18(2,21-6)11-20(5)15-10-14(19(20,3)4)16-12-7-8-13(9-12)17(15)16/h7-8,12-17H,9-11H2,1-6H3. The van der Waals surface area contributed by atoms with Gasteiger partial charge in [-0.05, 0) is 79.4 Å². The third-order valence-corrected chi connectivity index (χ3v) is 8.58. The van der Waals surface area contributed by atoms with Gasteiger partial charge in [-0.25, -0.2) is 0 Å². The van der Waals surface area contributed by atoms with Gasteiger partial charge in [0.25, 0.3) is 0 Å². The molecule has 21 heavy (non-hydrogen) atoms. The van der Waals surface area contributed by atoms with E-state index in [0.29, 0.717) is 10.8 Å². The molecule has 0 saturated heterocycles. The van der Waals surface area contributed by atoms with Gasteiger partial charge in [0, 0.05) is 7.11 Å². The summed E-state index contributed by atoms with van der Waals surface area (Å²) in [6.45, 7) is 12.3. The quantitative estimate of drug-likeness (QED) is 0.529. The highest BCUT2D eigenvalue weighted by Crippen LogP contribution is 2.77. The van der Waals surface area contributed by atoms with E-state index in [1.807, 2.05) is 7.11 Å². The van der Waals surface area contributed by atoms with E-state index in [4.69, 9.17) is 4.74 Å². The maximum atomic E-state index is 5.83. The normalized spacial score (nSPS) is 52.7. The fraction of sp³-hybridized carbons (Fsp3) is 0.900. The van der Waals surface area contributed by atoms with E-state index in [9.17, 15) is 0 Å². The van der Waals surface area contributed by atoms with Crippen LogP contribution in [0.25, 0.3) is 0 Å². The minimum Gasteiger partial charge on any atom is -0.379 e. The molecule has 0 aromatic rings. The van der Waals surface area contributed by atoms with Crippen LogP contribution in [0.3, 0.4) is 0 Å². The molecule has 7 atom stereocenters. The topological polar surface area (TPSA) is 9.23 Å². The number of rotatable bonds is 3. The molecule has 1 nitrogen and oxygen atoms in total. The zero-order valence-electron chi connectivity index (χ0n) is 14.6. The van der Waals surface area contributed by atoms with Crippen molar-refractivity contribution in [2.45, 2.75) is 59.5 Å². The van der Waals surface area contributed by atoms with Crippen LogP contribution in [0, 0.1) is 46.3 Å². The molecule has 1 heteroatoms. The second-order valence-corrected chi connectivity index (χ2v) is 9.83. The van der Waals surface area contributed by atoms with Crippen LogP contribution in [0.5, 0.6) is 0 Å². The highest BCUT2D eigenvalue weighted by atomic mass is 16.5. The molecule has 0 aromatic heterocycles. The van der Waals surface area contributed by atoms with E-state index in [1.54, 1.807) is 0 Å². The van der Waals surface area contributed by atoms with E-state index in [2.05, 4.69) is 46.8 Å². The molecule has 4 rings (SSSR count). The molecule has 3 saturated carbocycles. The lowest BCUT2D eigenvalue weighted by atomic mass is 9.49. The van der Waals surface area contributed by atoms with Crippen molar-refractivity contribution in [3.8, 4) is 0 Å². The summed E-state index contributed by atoms with van der Waals surface area (Å²) < 4.78 is 5.83. The van der Waals surface area contributed by atoms with Crippen molar-refractivity contribution >= 4 is 0 Å². The Bertz CT molecular complexity index is 488. The molecule has 0 spiro atoms. The Morgan fingerprint density at radius 2 is 1.57 bits per heavy atom. The van der Waals surface area contributed by atoms with Gasteiger partial charge in [-0.3, -0.25) is 0 Å². The van der Waals surface area contributed by atoms with Crippen molar-refractivity contribution in [2.24, 2.45) is 46.3 Å². The zero-order chi connectivity index (χ0) is 15.2. The molecule has 0 radical (unpaired) electrons. The third kappa shape index (κ3) is 1.57. The maximum absolute atomic E-state index is 5.83. The van der Waals surface area contributed by atoms with Gasteiger partial charge in [0.15, 0.2) is 0 Å². The van der Waals surface area contributed by atoms with Crippen molar-refractivity contribution in [2.75, 3.05) is 7.11 Å². The Hall–Kier alpha value is -0.300. The molecule has 7 unspecified atom stereocenters. The molecule has 4 aliphatic carbocycles. The van der Waals surface area contributed by atoms with Crippen molar-refractivity contribution in [1.82, 2.24) is 0 Å². The summed E-state index contributed by atoms with van der Waals surface area (Å²) in [5.74, 6) is 5.64. The molecule has 4 bridgehead atoms. The Kier molecular flexibility index (Phi) is 2.70. The molecular weight excluding hydrogens is 256 g/mol. The van der Waals surface area contributed by atoms with E-state index in [0.717, 1.165) is 35.5 Å². The van der Waals surface area contributed by atoms with Crippen LogP contribution in [-0.4, -0.2) is 12.7 Å². The second kappa shape index (κ2) is 3.96. The van der Waals surface area contributed by atoms with Crippen LogP contribution in [0.15, 0.2) is 12.2 Å². The summed E-state index contributed by atoms with van der Waals surface area (Å²) in [6.07, 6.45) is 9.25. The van der Waals surface area contributed by atoms with Gasteiger partial charge in [-0.15, -0.1) is 0 Å². The van der Waals surface area contributed by atoms with Crippen LogP contribution in [0.4, 0.5) is 0 Å². The predicted octanol–water partition coefficient (Wildman–Crippen LogP) is 4.92. The molecule has 0 amide bonds. The molecule has 118 valence electrons. The van der Waals surface area contributed by atoms with Crippen LogP contribution >= 0.6 is 0 Å².